The van der Waals surface area contributed by atoms with Crippen LogP contribution < -0.4 is 0 Å². The number of aldehydes is 1. The molecule has 3 nitrogen and oxygen atoms in total. The summed E-state index contributed by atoms with van der Waals surface area (Å²) in [6, 6.07) is 0. The Hall–Kier alpha value is -1.12. The first-order valence-electron chi connectivity index (χ1n) is 2.07. The van der Waals surface area contributed by atoms with E-state index >= 15 is 0 Å². The second-order valence-corrected chi connectivity index (χ2v) is 0.994. The molecule has 0 aliphatic heterocycles. The molecule has 8 heavy (non-hydrogen) atoms. The third-order valence-electron chi connectivity index (χ3n) is 0.475. The highest BCUT2D eigenvalue weighted by molar-refractivity contribution is 5.64. The van der Waals surface area contributed by atoms with Crippen molar-refractivity contribution in [2.45, 2.75) is 0 Å². The van der Waals surface area contributed by atoms with Crippen LogP contribution in [-0.4, -0.2) is 19.4 Å². The lowest BCUT2D eigenvalue weighted by Gasteiger charge is -1.83. The van der Waals surface area contributed by atoms with Gasteiger partial charge >= 0.3 is 0 Å². The summed E-state index contributed by atoms with van der Waals surface area (Å²) in [4.78, 5) is 19.0. The molecule has 44 valence electrons. The van der Waals surface area contributed by atoms with E-state index in [9.17, 15) is 9.59 Å². The van der Waals surface area contributed by atoms with Crippen molar-refractivity contribution in [3.05, 3.63) is 12.2 Å². The zero-order valence-electron chi connectivity index (χ0n) is 4.24. The second kappa shape index (κ2) is 5.88. The van der Waals surface area contributed by atoms with Crippen molar-refractivity contribution in [1.29, 1.82) is 0 Å². The van der Waals surface area contributed by atoms with E-state index in [0.717, 1.165) is 0 Å². The standard InChI is InChI=1S/C5H6O3/c6-3-1-2-4-8-5-7/h1-3,5H,4H2. The van der Waals surface area contributed by atoms with Gasteiger partial charge in [0.15, 0.2) is 0 Å². The molecule has 0 fully saturated rings. The van der Waals surface area contributed by atoms with Crippen LogP contribution in [0, 0.1) is 0 Å². The van der Waals surface area contributed by atoms with Crippen molar-refractivity contribution in [3.8, 4) is 0 Å². The average molecular weight is 114 g/mol. The number of ether oxygens (including phenoxy) is 1. The molecular weight excluding hydrogens is 108 g/mol. The Morgan fingerprint density at radius 3 is 2.62 bits per heavy atom. The van der Waals surface area contributed by atoms with Crippen LogP contribution in [-0.2, 0) is 14.3 Å². The summed E-state index contributed by atoms with van der Waals surface area (Å²) in [5.74, 6) is 0. The Labute approximate surface area is 46.9 Å². The van der Waals surface area contributed by atoms with Gasteiger partial charge in [-0.05, 0) is 12.2 Å². The summed E-state index contributed by atoms with van der Waals surface area (Å²) in [7, 11) is 0. The van der Waals surface area contributed by atoms with Crippen LogP contribution in [0.4, 0.5) is 0 Å². The molecule has 0 bridgehead atoms. The van der Waals surface area contributed by atoms with Crippen LogP contribution >= 0.6 is 0 Å². The number of carbonyl (C=O) groups is 2. The third kappa shape index (κ3) is 4.88. The van der Waals surface area contributed by atoms with E-state index in [1.807, 2.05) is 0 Å². The van der Waals surface area contributed by atoms with Gasteiger partial charge in [-0.2, -0.15) is 0 Å². The third-order valence-corrected chi connectivity index (χ3v) is 0.475. The van der Waals surface area contributed by atoms with E-state index in [1.165, 1.54) is 12.2 Å². The Balaban J connectivity index is 3.02. The van der Waals surface area contributed by atoms with E-state index in [-0.39, 0.29) is 6.61 Å². The highest BCUT2D eigenvalue weighted by Gasteiger charge is 1.70. The summed E-state index contributed by atoms with van der Waals surface area (Å²) in [6.45, 7) is 0.497. The maximum absolute atomic E-state index is 9.54. The first kappa shape index (κ1) is 6.88. The topological polar surface area (TPSA) is 43.4 Å². The van der Waals surface area contributed by atoms with E-state index in [4.69, 9.17) is 0 Å². The fourth-order valence-corrected chi connectivity index (χ4v) is 0.206. The molecule has 0 heterocycles. The van der Waals surface area contributed by atoms with Gasteiger partial charge < -0.3 is 4.74 Å². The minimum Gasteiger partial charge on any atom is -0.464 e. The van der Waals surface area contributed by atoms with Gasteiger partial charge in [-0.1, -0.05) is 0 Å². The van der Waals surface area contributed by atoms with Crippen molar-refractivity contribution in [1.82, 2.24) is 0 Å². The van der Waals surface area contributed by atoms with Crippen LogP contribution in [0.5, 0.6) is 0 Å². The Morgan fingerprint density at radius 2 is 2.12 bits per heavy atom. The number of hydrogen-bond acceptors (Lipinski definition) is 3. The number of rotatable bonds is 4. The average Bonchev–Trinajstić information content (AvgIpc) is 1.81. The fraction of sp³-hybridized carbons (Fsp3) is 0.200. The minimum atomic E-state index is 0.169. The van der Waals surface area contributed by atoms with Crippen LogP contribution in [0.2, 0.25) is 0 Å². The maximum atomic E-state index is 9.54. The molecular formula is C5H6O3. The SMILES string of the molecule is O=CC=CCOC=O. The maximum Gasteiger partial charge on any atom is 0.293 e. The van der Waals surface area contributed by atoms with Gasteiger partial charge in [-0.25, -0.2) is 0 Å². The molecule has 0 amide bonds. The molecule has 0 radical (unpaired) electrons. The van der Waals surface area contributed by atoms with E-state index < -0.39 is 0 Å². The second-order valence-electron chi connectivity index (χ2n) is 0.994. The molecule has 0 aliphatic rings. The minimum absolute atomic E-state index is 0.169. The quantitative estimate of drug-likeness (QED) is 0.291. The molecule has 0 saturated heterocycles. The Bertz CT molecular complexity index is 95.8. The fourth-order valence-electron chi connectivity index (χ4n) is 0.206. The lowest BCUT2D eigenvalue weighted by molar-refractivity contribution is -0.127. The largest absolute Gasteiger partial charge is 0.464 e. The highest BCUT2D eigenvalue weighted by Crippen LogP contribution is 1.68. The van der Waals surface area contributed by atoms with Crippen LogP contribution in [0.25, 0.3) is 0 Å². The number of allylic oxidation sites excluding steroid dienone is 1. The zero-order valence-corrected chi connectivity index (χ0v) is 4.24. The molecule has 0 atom stereocenters. The molecule has 0 aromatic rings. The van der Waals surface area contributed by atoms with Gasteiger partial charge in [0.25, 0.3) is 6.47 Å². The van der Waals surface area contributed by atoms with Crippen molar-refractivity contribution in [2.24, 2.45) is 0 Å². The van der Waals surface area contributed by atoms with Crippen molar-refractivity contribution in [3.63, 3.8) is 0 Å². The monoisotopic (exact) mass is 114 g/mol. The van der Waals surface area contributed by atoms with Crippen molar-refractivity contribution >= 4 is 12.8 Å². The molecule has 0 spiro atoms. The molecule has 3 heteroatoms. The summed E-state index contributed by atoms with van der Waals surface area (Å²) < 4.78 is 4.21. The number of hydrogen-bond donors (Lipinski definition) is 0. The van der Waals surface area contributed by atoms with Gasteiger partial charge in [-0.3, -0.25) is 9.59 Å². The van der Waals surface area contributed by atoms with Gasteiger partial charge in [0.1, 0.15) is 12.9 Å². The predicted octanol–water partition coefficient (Wildman–Crippen LogP) is -0.0855. The molecule has 0 unspecified atom stereocenters. The van der Waals surface area contributed by atoms with Gasteiger partial charge in [0.05, 0.1) is 0 Å². The molecule has 0 saturated carbocycles. The van der Waals surface area contributed by atoms with Crippen LogP contribution in [0.1, 0.15) is 0 Å². The van der Waals surface area contributed by atoms with Crippen LogP contribution in [0.15, 0.2) is 12.2 Å². The molecule has 0 rings (SSSR count). The predicted molar refractivity (Wildman–Crippen MR) is 27.2 cm³/mol. The molecule has 0 aromatic heterocycles. The van der Waals surface area contributed by atoms with Gasteiger partial charge in [0, 0.05) is 0 Å². The first-order valence-corrected chi connectivity index (χ1v) is 2.07. The van der Waals surface area contributed by atoms with Gasteiger partial charge in [0.2, 0.25) is 0 Å². The van der Waals surface area contributed by atoms with Crippen LogP contribution in [0.3, 0.4) is 0 Å². The molecule has 0 N–H and O–H groups in total. The van der Waals surface area contributed by atoms with Gasteiger partial charge in [-0.15, -0.1) is 0 Å². The Morgan fingerprint density at radius 1 is 1.38 bits per heavy atom. The zero-order chi connectivity index (χ0) is 6.24. The lowest BCUT2D eigenvalue weighted by atomic mass is 10.5. The Kier molecular flexibility index (Phi) is 5.06. The van der Waals surface area contributed by atoms with E-state index in [0.29, 0.717) is 12.8 Å². The smallest absolute Gasteiger partial charge is 0.293 e. The highest BCUT2D eigenvalue weighted by atomic mass is 16.5. The normalized spacial score (nSPS) is 9.00. The van der Waals surface area contributed by atoms with Crippen molar-refractivity contribution in [2.75, 3.05) is 6.61 Å². The number of carbonyl (C=O) groups excluding carboxylic acids is 2. The van der Waals surface area contributed by atoms with E-state index in [2.05, 4.69) is 4.74 Å². The summed E-state index contributed by atoms with van der Waals surface area (Å²) >= 11 is 0. The lowest BCUT2D eigenvalue weighted by Crippen LogP contribution is -1.84. The summed E-state index contributed by atoms with van der Waals surface area (Å²) in [5, 5.41) is 0. The molecule has 0 aliphatic carbocycles. The summed E-state index contributed by atoms with van der Waals surface area (Å²) in [5.41, 5.74) is 0. The first-order chi connectivity index (χ1) is 3.91. The van der Waals surface area contributed by atoms with E-state index in [1.54, 1.807) is 0 Å². The molecule has 0 aromatic carbocycles. The summed E-state index contributed by atoms with van der Waals surface area (Å²) in [6.07, 6.45) is 3.33. The van der Waals surface area contributed by atoms with Crippen molar-refractivity contribution < 1.29 is 14.3 Å².